The van der Waals surface area contributed by atoms with Crippen molar-refractivity contribution >= 4 is 5.82 Å². The number of rotatable bonds is 3. The Morgan fingerprint density at radius 1 is 1.45 bits per heavy atom. The number of nitrogens with zero attached hydrogens (tertiary/aromatic N) is 1. The summed E-state index contributed by atoms with van der Waals surface area (Å²) in [7, 11) is 0. The van der Waals surface area contributed by atoms with Crippen LogP contribution in [0, 0.1) is 0 Å². The Morgan fingerprint density at radius 2 is 2.27 bits per heavy atom. The van der Waals surface area contributed by atoms with Gasteiger partial charge in [-0.2, -0.15) is 0 Å². The van der Waals surface area contributed by atoms with E-state index in [4.69, 9.17) is 10.8 Å². The third-order valence-electron chi connectivity index (χ3n) is 1.47. The molecular formula is C8H12N2O. The molecule has 1 rings (SSSR count). The fourth-order valence-electron chi connectivity index (χ4n) is 0.867. The van der Waals surface area contributed by atoms with Gasteiger partial charge >= 0.3 is 0 Å². The maximum atomic E-state index is 8.54. The molecule has 3 N–H and O–H groups in total. The Kier molecular flexibility index (Phi) is 2.86. The van der Waals surface area contributed by atoms with Crippen molar-refractivity contribution in [2.75, 3.05) is 12.3 Å². The van der Waals surface area contributed by atoms with Crippen LogP contribution in [0.4, 0.5) is 5.82 Å². The molecule has 0 aromatic carbocycles. The topological polar surface area (TPSA) is 59.1 Å². The summed E-state index contributed by atoms with van der Waals surface area (Å²) in [4.78, 5) is 3.93. The number of anilines is 1. The number of aliphatic hydroxyl groups excluding tert-OH is 1. The normalized spacial score (nSPS) is 9.91. The van der Waals surface area contributed by atoms with Crippen LogP contribution in [-0.4, -0.2) is 16.7 Å². The number of nitrogens with two attached hydrogens (primary N) is 1. The lowest BCUT2D eigenvalue weighted by Gasteiger charge is -1.97. The molecular weight excluding hydrogens is 140 g/mol. The molecule has 0 saturated heterocycles. The van der Waals surface area contributed by atoms with E-state index in [1.54, 1.807) is 12.3 Å². The number of aliphatic hydroxyl groups is 1. The summed E-state index contributed by atoms with van der Waals surface area (Å²) in [5.41, 5.74) is 6.51. The molecule has 3 heteroatoms. The number of hydrogen-bond acceptors (Lipinski definition) is 3. The minimum Gasteiger partial charge on any atom is -0.396 e. The molecule has 60 valence electrons. The van der Waals surface area contributed by atoms with Crippen LogP contribution in [0.3, 0.4) is 0 Å². The maximum Gasteiger partial charge on any atom is 0.123 e. The van der Waals surface area contributed by atoms with Gasteiger partial charge in [-0.05, 0) is 24.5 Å². The van der Waals surface area contributed by atoms with Gasteiger partial charge in [0, 0.05) is 12.8 Å². The molecule has 0 fully saturated rings. The summed E-state index contributed by atoms with van der Waals surface area (Å²) in [5, 5.41) is 8.54. The zero-order chi connectivity index (χ0) is 8.10. The van der Waals surface area contributed by atoms with Gasteiger partial charge in [0.2, 0.25) is 0 Å². The second kappa shape index (κ2) is 3.93. The van der Waals surface area contributed by atoms with Gasteiger partial charge in [-0.3, -0.25) is 0 Å². The van der Waals surface area contributed by atoms with Gasteiger partial charge in [-0.25, -0.2) is 4.98 Å². The Bertz CT molecular complexity index is 208. The Hall–Kier alpha value is -1.09. The Balaban J connectivity index is 2.52. The molecule has 0 unspecified atom stereocenters. The van der Waals surface area contributed by atoms with Gasteiger partial charge in [0.05, 0.1) is 0 Å². The second-order valence-electron chi connectivity index (χ2n) is 2.42. The van der Waals surface area contributed by atoms with E-state index >= 15 is 0 Å². The van der Waals surface area contributed by atoms with E-state index < -0.39 is 0 Å². The molecule has 0 amide bonds. The van der Waals surface area contributed by atoms with E-state index in [1.807, 2.05) is 6.07 Å². The lowest BCUT2D eigenvalue weighted by Crippen LogP contribution is -1.93. The molecule has 0 spiro atoms. The van der Waals surface area contributed by atoms with Crippen LogP contribution in [0.5, 0.6) is 0 Å². The first kappa shape index (κ1) is 8.01. The molecule has 0 aliphatic heterocycles. The van der Waals surface area contributed by atoms with Gasteiger partial charge in [-0.15, -0.1) is 0 Å². The van der Waals surface area contributed by atoms with Gasteiger partial charge in [0.1, 0.15) is 5.82 Å². The molecule has 0 radical (unpaired) electrons. The van der Waals surface area contributed by atoms with Gasteiger partial charge in [-0.1, -0.05) is 6.07 Å². The Labute approximate surface area is 65.9 Å². The molecule has 1 heterocycles. The van der Waals surface area contributed by atoms with Crippen molar-refractivity contribution in [3.8, 4) is 0 Å². The molecule has 1 aromatic heterocycles. The second-order valence-corrected chi connectivity index (χ2v) is 2.42. The van der Waals surface area contributed by atoms with E-state index in [0.717, 1.165) is 18.4 Å². The van der Waals surface area contributed by atoms with Gasteiger partial charge in [0.15, 0.2) is 0 Å². The molecule has 11 heavy (non-hydrogen) atoms. The summed E-state index contributed by atoms with van der Waals surface area (Å²) in [6.45, 7) is 0.227. The molecule has 3 nitrogen and oxygen atoms in total. The maximum absolute atomic E-state index is 8.54. The highest BCUT2D eigenvalue weighted by Crippen LogP contribution is 2.03. The SMILES string of the molecule is Nc1ccc(CCCO)cn1. The average molecular weight is 152 g/mol. The van der Waals surface area contributed by atoms with Crippen molar-refractivity contribution in [1.82, 2.24) is 4.98 Å². The monoisotopic (exact) mass is 152 g/mol. The number of aryl methyl sites for hydroxylation is 1. The zero-order valence-corrected chi connectivity index (χ0v) is 6.33. The minimum atomic E-state index is 0.227. The summed E-state index contributed by atoms with van der Waals surface area (Å²) in [6.07, 6.45) is 3.39. The van der Waals surface area contributed by atoms with Gasteiger partial charge in [0.25, 0.3) is 0 Å². The molecule has 0 bridgehead atoms. The average Bonchev–Trinajstić information content (AvgIpc) is 2.04. The number of nitrogen functional groups attached to an aromatic ring is 1. The molecule has 0 aliphatic carbocycles. The standard InChI is InChI=1S/C8H12N2O/c9-8-4-3-7(6-10-8)2-1-5-11/h3-4,6,11H,1-2,5H2,(H2,9,10). The number of aromatic nitrogens is 1. The highest BCUT2D eigenvalue weighted by Gasteiger charge is 1.91. The molecule has 0 saturated carbocycles. The fourth-order valence-corrected chi connectivity index (χ4v) is 0.867. The first-order chi connectivity index (χ1) is 5.33. The molecule has 1 aromatic rings. The van der Waals surface area contributed by atoms with Crippen LogP contribution in [-0.2, 0) is 6.42 Å². The summed E-state index contributed by atoms with van der Waals surface area (Å²) in [5.74, 6) is 0.540. The van der Waals surface area contributed by atoms with E-state index in [2.05, 4.69) is 4.98 Å². The lowest BCUT2D eigenvalue weighted by molar-refractivity contribution is 0.288. The van der Waals surface area contributed by atoms with E-state index in [-0.39, 0.29) is 6.61 Å². The van der Waals surface area contributed by atoms with Crippen molar-refractivity contribution in [3.05, 3.63) is 23.9 Å². The van der Waals surface area contributed by atoms with Crippen LogP contribution in [0.25, 0.3) is 0 Å². The summed E-state index contributed by atoms with van der Waals surface area (Å²) < 4.78 is 0. The molecule has 0 aliphatic rings. The first-order valence-electron chi connectivity index (χ1n) is 3.64. The fraction of sp³-hybridized carbons (Fsp3) is 0.375. The largest absolute Gasteiger partial charge is 0.396 e. The van der Waals surface area contributed by atoms with Crippen LogP contribution < -0.4 is 5.73 Å². The van der Waals surface area contributed by atoms with Crippen LogP contribution >= 0.6 is 0 Å². The number of hydrogen-bond donors (Lipinski definition) is 2. The lowest BCUT2D eigenvalue weighted by atomic mass is 10.2. The van der Waals surface area contributed by atoms with Gasteiger partial charge < -0.3 is 10.8 Å². The number of pyridine rings is 1. The minimum absolute atomic E-state index is 0.227. The third-order valence-corrected chi connectivity index (χ3v) is 1.47. The van der Waals surface area contributed by atoms with Crippen molar-refractivity contribution in [2.24, 2.45) is 0 Å². The Morgan fingerprint density at radius 3 is 2.82 bits per heavy atom. The van der Waals surface area contributed by atoms with E-state index in [1.165, 1.54) is 0 Å². The quantitative estimate of drug-likeness (QED) is 0.666. The van der Waals surface area contributed by atoms with Crippen molar-refractivity contribution in [1.29, 1.82) is 0 Å². The highest BCUT2D eigenvalue weighted by molar-refractivity contribution is 5.29. The molecule has 0 atom stereocenters. The van der Waals surface area contributed by atoms with E-state index in [0.29, 0.717) is 5.82 Å². The highest BCUT2D eigenvalue weighted by atomic mass is 16.2. The first-order valence-corrected chi connectivity index (χ1v) is 3.64. The van der Waals surface area contributed by atoms with Crippen LogP contribution in [0.1, 0.15) is 12.0 Å². The van der Waals surface area contributed by atoms with E-state index in [9.17, 15) is 0 Å². The predicted molar refractivity (Wildman–Crippen MR) is 44.1 cm³/mol. The smallest absolute Gasteiger partial charge is 0.123 e. The zero-order valence-electron chi connectivity index (χ0n) is 6.33. The van der Waals surface area contributed by atoms with Crippen LogP contribution in [0.15, 0.2) is 18.3 Å². The van der Waals surface area contributed by atoms with Crippen molar-refractivity contribution in [2.45, 2.75) is 12.8 Å². The van der Waals surface area contributed by atoms with Crippen molar-refractivity contribution in [3.63, 3.8) is 0 Å². The van der Waals surface area contributed by atoms with Crippen molar-refractivity contribution < 1.29 is 5.11 Å². The third kappa shape index (κ3) is 2.55. The predicted octanol–water partition coefficient (Wildman–Crippen LogP) is 0.589. The van der Waals surface area contributed by atoms with Crippen LogP contribution in [0.2, 0.25) is 0 Å². The summed E-state index contributed by atoms with van der Waals surface area (Å²) in [6, 6.07) is 3.70. The summed E-state index contributed by atoms with van der Waals surface area (Å²) >= 11 is 0.